The average Bonchev–Trinajstić information content (AvgIpc) is 3.24. The van der Waals surface area contributed by atoms with Gasteiger partial charge in [0.05, 0.1) is 13.5 Å². The first-order valence-corrected chi connectivity index (χ1v) is 10.7. The van der Waals surface area contributed by atoms with Crippen LogP contribution in [0.1, 0.15) is 30.0 Å². The molecule has 0 bridgehead atoms. The molecule has 2 aromatic heterocycles. The van der Waals surface area contributed by atoms with Gasteiger partial charge in [0.1, 0.15) is 6.10 Å². The first kappa shape index (κ1) is 20.1. The fourth-order valence-corrected chi connectivity index (χ4v) is 4.11. The molecule has 0 unspecified atom stereocenters. The maximum absolute atomic E-state index is 12.6. The number of nitrogens with zero attached hydrogens (tertiary/aromatic N) is 2. The number of aromatic nitrogens is 3. The summed E-state index contributed by atoms with van der Waals surface area (Å²) in [6.07, 6.45) is 3.78. The number of aromatic amines is 1. The number of fused-ring (bicyclic) bond motifs is 1. The fraction of sp³-hybridized carbons (Fsp3) is 0.240. The molecule has 7 heteroatoms. The second kappa shape index (κ2) is 8.70. The summed E-state index contributed by atoms with van der Waals surface area (Å²) in [4.78, 5) is 16.8. The molecule has 2 N–H and O–H groups in total. The maximum atomic E-state index is 12.6. The van der Waals surface area contributed by atoms with Crippen molar-refractivity contribution in [1.82, 2.24) is 15.2 Å². The van der Waals surface area contributed by atoms with Crippen LogP contribution in [0, 0.1) is 0 Å². The van der Waals surface area contributed by atoms with Gasteiger partial charge < -0.3 is 14.8 Å². The van der Waals surface area contributed by atoms with Crippen molar-refractivity contribution in [2.24, 2.45) is 0 Å². The summed E-state index contributed by atoms with van der Waals surface area (Å²) in [6.45, 7) is 0. The van der Waals surface area contributed by atoms with Gasteiger partial charge in [0, 0.05) is 23.9 Å². The molecule has 2 aromatic carbocycles. The van der Waals surface area contributed by atoms with E-state index in [0.29, 0.717) is 29.8 Å². The number of pyridine rings is 1. The fourth-order valence-electron chi connectivity index (χ4n) is 4.11. The third-order valence-corrected chi connectivity index (χ3v) is 5.87. The summed E-state index contributed by atoms with van der Waals surface area (Å²) in [5, 5.41) is 12.5. The molecule has 7 nitrogen and oxygen atoms in total. The van der Waals surface area contributed by atoms with E-state index in [4.69, 9.17) is 9.47 Å². The number of H-pyrrole nitrogens is 1. The number of rotatable bonds is 7. The standard InChI is InChI=1S/C25H24N4O3/c1-31-22-10-5-11-26-25(22)32-19-12-18(13-19)21-15-23(29-28-21)27-24(30)14-17-8-4-7-16-6-2-3-9-20(16)17/h2-11,15,18-19H,12-14H2,1H3,(H2,27,28,29,30). The van der Waals surface area contributed by atoms with Crippen LogP contribution >= 0.6 is 0 Å². The monoisotopic (exact) mass is 428 g/mol. The largest absolute Gasteiger partial charge is 0.491 e. The minimum atomic E-state index is -0.0866. The van der Waals surface area contributed by atoms with Crippen LogP contribution in [0.4, 0.5) is 5.82 Å². The third kappa shape index (κ3) is 4.14. The Balaban J connectivity index is 1.16. The van der Waals surface area contributed by atoms with Crippen molar-refractivity contribution in [3.63, 3.8) is 0 Å². The number of methoxy groups -OCH3 is 1. The maximum Gasteiger partial charge on any atom is 0.257 e. The Hall–Kier alpha value is -3.87. The van der Waals surface area contributed by atoms with Crippen LogP contribution in [0.3, 0.4) is 0 Å². The number of anilines is 1. The summed E-state index contributed by atoms with van der Waals surface area (Å²) < 4.78 is 11.2. The zero-order valence-corrected chi connectivity index (χ0v) is 17.7. The molecular weight excluding hydrogens is 404 g/mol. The van der Waals surface area contributed by atoms with Gasteiger partial charge >= 0.3 is 0 Å². The molecule has 32 heavy (non-hydrogen) atoms. The minimum absolute atomic E-state index is 0.0801. The van der Waals surface area contributed by atoms with Crippen molar-refractivity contribution < 1.29 is 14.3 Å². The van der Waals surface area contributed by atoms with Crippen LogP contribution in [0.2, 0.25) is 0 Å². The summed E-state index contributed by atoms with van der Waals surface area (Å²) >= 11 is 0. The number of ether oxygens (including phenoxy) is 2. The highest BCUT2D eigenvalue weighted by atomic mass is 16.5. The molecule has 2 heterocycles. The molecule has 0 aliphatic heterocycles. The van der Waals surface area contributed by atoms with E-state index in [1.807, 2.05) is 48.5 Å². The van der Waals surface area contributed by atoms with Gasteiger partial charge in [0.15, 0.2) is 11.6 Å². The van der Waals surface area contributed by atoms with E-state index >= 15 is 0 Å². The molecule has 1 fully saturated rings. The molecule has 1 aliphatic carbocycles. The zero-order chi connectivity index (χ0) is 21.9. The number of hydrogen-bond donors (Lipinski definition) is 2. The quantitative estimate of drug-likeness (QED) is 0.453. The Labute approximate surface area is 185 Å². The van der Waals surface area contributed by atoms with Crippen LogP contribution < -0.4 is 14.8 Å². The first-order chi connectivity index (χ1) is 15.7. The summed E-state index contributed by atoms with van der Waals surface area (Å²) in [6, 6.07) is 19.7. The third-order valence-electron chi connectivity index (χ3n) is 5.87. The van der Waals surface area contributed by atoms with Crippen LogP contribution in [-0.2, 0) is 11.2 Å². The van der Waals surface area contributed by atoms with Crippen LogP contribution in [0.25, 0.3) is 10.8 Å². The van der Waals surface area contributed by atoms with E-state index in [1.54, 1.807) is 13.3 Å². The molecule has 5 rings (SSSR count). The van der Waals surface area contributed by atoms with E-state index in [1.165, 1.54) is 0 Å². The van der Waals surface area contributed by atoms with Crippen LogP contribution in [0.15, 0.2) is 66.9 Å². The van der Waals surface area contributed by atoms with E-state index < -0.39 is 0 Å². The van der Waals surface area contributed by atoms with E-state index in [-0.39, 0.29) is 12.0 Å². The molecule has 1 saturated carbocycles. The van der Waals surface area contributed by atoms with Crippen molar-refractivity contribution in [1.29, 1.82) is 0 Å². The molecule has 0 radical (unpaired) electrons. The van der Waals surface area contributed by atoms with E-state index in [2.05, 4.69) is 32.6 Å². The van der Waals surface area contributed by atoms with Crippen molar-refractivity contribution in [2.75, 3.05) is 12.4 Å². The molecule has 1 amide bonds. The molecule has 4 aromatic rings. The summed E-state index contributed by atoms with van der Waals surface area (Å²) in [7, 11) is 1.61. The summed E-state index contributed by atoms with van der Waals surface area (Å²) in [5.74, 6) is 1.92. The Morgan fingerprint density at radius 3 is 2.84 bits per heavy atom. The topological polar surface area (TPSA) is 89.1 Å². The molecule has 0 spiro atoms. The van der Waals surface area contributed by atoms with E-state index in [0.717, 1.165) is 34.9 Å². The number of amides is 1. The van der Waals surface area contributed by atoms with Crippen molar-refractivity contribution >= 4 is 22.5 Å². The highest BCUT2D eigenvalue weighted by molar-refractivity contribution is 5.95. The first-order valence-electron chi connectivity index (χ1n) is 10.7. The van der Waals surface area contributed by atoms with Gasteiger partial charge in [0.2, 0.25) is 5.91 Å². The van der Waals surface area contributed by atoms with Gasteiger partial charge in [-0.2, -0.15) is 5.10 Å². The number of carbonyl (C=O) groups is 1. The molecule has 0 saturated heterocycles. The number of nitrogens with one attached hydrogen (secondary N) is 2. The highest BCUT2D eigenvalue weighted by Crippen LogP contribution is 2.40. The van der Waals surface area contributed by atoms with Crippen LogP contribution in [-0.4, -0.2) is 34.3 Å². The number of benzene rings is 2. The van der Waals surface area contributed by atoms with Gasteiger partial charge in [-0.1, -0.05) is 42.5 Å². The van der Waals surface area contributed by atoms with Gasteiger partial charge in [-0.3, -0.25) is 9.89 Å². The number of hydrogen-bond acceptors (Lipinski definition) is 5. The lowest BCUT2D eigenvalue weighted by Crippen LogP contribution is -2.32. The average molecular weight is 428 g/mol. The molecule has 162 valence electrons. The lowest BCUT2D eigenvalue weighted by Gasteiger charge is -2.34. The van der Waals surface area contributed by atoms with Gasteiger partial charge in [-0.05, 0) is 41.3 Å². The van der Waals surface area contributed by atoms with Gasteiger partial charge in [0.25, 0.3) is 5.88 Å². The van der Waals surface area contributed by atoms with Crippen molar-refractivity contribution in [3.05, 3.63) is 78.1 Å². The van der Waals surface area contributed by atoms with Crippen LogP contribution in [0.5, 0.6) is 11.6 Å². The highest BCUT2D eigenvalue weighted by Gasteiger charge is 2.34. The molecular formula is C25H24N4O3. The minimum Gasteiger partial charge on any atom is -0.491 e. The molecule has 0 atom stereocenters. The Morgan fingerprint density at radius 2 is 1.97 bits per heavy atom. The Kier molecular flexibility index (Phi) is 5.46. The predicted molar refractivity (Wildman–Crippen MR) is 122 cm³/mol. The predicted octanol–water partition coefficient (Wildman–Crippen LogP) is 4.47. The second-order valence-electron chi connectivity index (χ2n) is 7.99. The Bertz CT molecular complexity index is 1240. The van der Waals surface area contributed by atoms with Crippen molar-refractivity contribution in [2.45, 2.75) is 31.3 Å². The van der Waals surface area contributed by atoms with Gasteiger partial charge in [-0.15, -0.1) is 0 Å². The van der Waals surface area contributed by atoms with Gasteiger partial charge in [-0.25, -0.2) is 4.98 Å². The number of carbonyl (C=O) groups excluding carboxylic acids is 1. The van der Waals surface area contributed by atoms with Crippen molar-refractivity contribution in [3.8, 4) is 11.6 Å². The molecule has 1 aliphatic rings. The SMILES string of the molecule is COc1cccnc1OC1CC(c2cc(NC(=O)Cc3cccc4ccccc34)n[nH]2)C1. The normalized spacial score (nSPS) is 17.5. The summed E-state index contributed by atoms with van der Waals surface area (Å²) in [5.41, 5.74) is 2.00. The smallest absolute Gasteiger partial charge is 0.257 e. The lowest BCUT2D eigenvalue weighted by molar-refractivity contribution is -0.115. The second-order valence-corrected chi connectivity index (χ2v) is 7.99. The van der Waals surface area contributed by atoms with E-state index in [9.17, 15) is 4.79 Å². The zero-order valence-electron chi connectivity index (χ0n) is 17.7. The Morgan fingerprint density at radius 1 is 1.12 bits per heavy atom. The lowest BCUT2D eigenvalue weighted by atomic mass is 9.80.